The molecule has 2 aromatic rings. The number of aromatic nitrogens is 2. The Hall–Kier alpha value is -1.30. The van der Waals surface area contributed by atoms with E-state index in [1.165, 1.54) is 6.42 Å². The molecule has 0 aromatic carbocycles. The lowest BCUT2D eigenvalue weighted by Crippen LogP contribution is -2.22. The molecule has 5 heteroatoms. The lowest BCUT2D eigenvalue weighted by molar-refractivity contribution is 0.185. The van der Waals surface area contributed by atoms with Gasteiger partial charge >= 0.3 is 0 Å². The van der Waals surface area contributed by atoms with Gasteiger partial charge in [-0.2, -0.15) is 0 Å². The zero-order valence-corrected chi connectivity index (χ0v) is 11.5. The Morgan fingerprint density at radius 3 is 3.21 bits per heavy atom. The van der Waals surface area contributed by atoms with Gasteiger partial charge in [-0.25, -0.2) is 4.98 Å². The second-order valence-corrected chi connectivity index (χ2v) is 5.58. The van der Waals surface area contributed by atoms with Crippen molar-refractivity contribution < 1.29 is 4.74 Å². The summed E-state index contributed by atoms with van der Waals surface area (Å²) < 4.78 is 5.36. The molecule has 0 amide bonds. The van der Waals surface area contributed by atoms with Gasteiger partial charge in [-0.15, -0.1) is 11.3 Å². The summed E-state index contributed by atoms with van der Waals surface area (Å²) in [5.74, 6) is 0.661. The van der Waals surface area contributed by atoms with Crippen LogP contribution >= 0.6 is 11.3 Å². The van der Waals surface area contributed by atoms with Crippen LogP contribution in [0.1, 0.15) is 12.1 Å². The molecule has 3 rings (SSSR count). The Labute approximate surface area is 116 Å². The summed E-state index contributed by atoms with van der Waals surface area (Å²) in [4.78, 5) is 8.92. The number of ether oxygens (including phenoxy) is 1. The van der Waals surface area contributed by atoms with Crippen molar-refractivity contribution in [3.8, 4) is 10.7 Å². The zero-order valence-electron chi connectivity index (χ0n) is 10.7. The number of thiazole rings is 1. The molecule has 0 bridgehead atoms. The van der Waals surface area contributed by atoms with E-state index in [0.717, 1.165) is 42.7 Å². The molecule has 2 aromatic heterocycles. The summed E-state index contributed by atoms with van der Waals surface area (Å²) in [6, 6.07) is 5.90. The summed E-state index contributed by atoms with van der Waals surface area (Å²) >= 11 is 1.65. The van der Waals surface area contributed by atoms with Gasteiger partial charge in [0.15, 0.2) is 0 Å². The molecule has 19 heavy (non-hydrogen) atoms. The molecule has 0 saturated carbocycles. The van der Waals surface area contributed by atoms with Gasteiger partial charge in [0.1, 0.15) is 5.01 Å². The molecule has 1 saturated heterocycles. The second-order valence-electron chi connectivity index (χ2n) is 4.72. The van der Waals surface area contributed by atoms with Crippen LogP contribution in [0.25, 0.3) is 10.7 Å². The Morgan fingerprint density at radius 2 is 2.42 bits per heavy atom. The van der Waals surface area contributed by atoms with E-state index < -0.39 is 0 Å². The van der Waals surface area contributed by atoms with Crippen molar-refractivity contribution in [2.24, 2.45) is 5.92 Å². The van der Waals surface area contributed by atoms with Crippen molar-refractivity contribution in [2.75, 3.05) is 19.8 Å². The third kappa shape index (κ3) is 3.37. The fraction of sp³-hybridized carbons (Fsp3) is 0.429. The summed E-state index contributed by atoms with van der Waals surface area (Å²) in [6.07, 6.45) is 2.97. The topological polar surface area (TPSA) is 47.0 Å². The highest BCUT2D eigenvalue weighted by atomic mass is 32.1. The van der Waals surface area contributed by atoms with Crippen LogP contribution in [-0.4, -0.2) is 29.7 Å². The normalized spacial score (nSPS) is 18.8. The largest absolute Gasteiger partial charge is 0.381 e. The van der Waals surface area contributed by atoms with Crippen LogP contribution in [-0.2, 0) is 11.3 Å². The minimum Gasteiger partial charge on any atom is -0.381 e. The van der Waals surface area contributed by atoms with Gasteiger partial charge < -0.3 is 10.1 Å². The molecular weight excluding hydrogens is 258 g/mol. The fourth-order valence-corrected chi connectivity index (χ4v) is 2.94. The average Bonchev–Trinajstić information content (AvgIpc) is 3.11. The Bertz CT molecular complexity index is 508. The number of hydrogen-bond acceptors (Lipinski definition) is 5. The molecule has 1 aliphatic rings. The van der Waals surface area contributed by atoms with E-state index >= 15 is 0 Å². The zero-order chi connectivity index (χ0) is 12.9. The van der Waals surface area contributed by atoms with E-state index in [0.29, 0.717) is 5.92 Å². The predicted molar refractivity (Wildman–Crippen MR) is 76.0 cm³/mol. The van der Waals surface area contributed by atoms with Crippen molar-refractivity contribution in [3.63, 3.8) is 0 Å². The molecule has 1 N–H and O–H groups in total. The van der Waals surface area contributed by atoms with Crippen molar-refractivity contribution in [3.05, 3.63) is 35.5 Å². The predicted octanol–water partition coefficient (Wildman–Crippen LogP) is 2.33. The highest BCUT2D eigenvalue weighted by Crippen LogP contribution is 2.21. The van der Waals surface area contributed by atoms with Crippen LogP contribution in [0.15, 0.2) is 29.8 Å². The molecule has 0 spiro atoms. The summed E-state index contributed by atoms with van der Waals surface area (Å²) in [7, 11) is 0. The second kappa shape index (κ2) is 6.23. The van der Waals surface area contributed by atoms with E-state index in [1.54, 1.807) is 17.5 Å². The monoisotopic (exact) mass is 275 g/mol. The van der Waals surface area contributed by atoms with Gasteiger partial charge in [0.05, 0.1) is 18.0 Å². The van der Waals surface area contributed by atoms with Gasteiger partial charge in [0.2, 0.25) is 0 Å². The van der Waals surface area contributed by atoms with Gasteiger partial charge in [-0.1, -0.05) is 6.07 Å². The standard InChI is InChI=1S/C14H17N3OS/c1-2-5-16-13(3-1)14-17-12(10-19-14)8-15-7-11-4-6-18-9-11/h1-3,5,10-11,15H,4,6-9H2. The van der Waals surface area contributed by atoms with Gasteiger partial charge in [0.25, 0.3) is 0 Å². The van der Waals surface area contributed by atoms with Crippen LogP contribution in [0.2, 0.25) is 0 Å². The van der Waals surface area contributed by atoms with Crippen molar-refractivity contribution in [1.82, 2.24) is 15.3 Å². The Kier molecular flexibility index (Phi) is 4.17. The number of nitrogens with one attached hydrogen (secondary N) is 1. The molecular formula is C14H17N3OS. The van der Waals surface area contributed by atoms with Crippen LogP contribution in [0, 0.1) is 5.92 Å². The lowest BCUT2D eigenvalue weighted by atomic mass is 10.1. The molecule has 4 nitrogen and oxygen atoms in total. The van der Waals surface area contributed by atoms with Crippen LogP contribution in [0.3, 0.4) is 0 Å². The number of hydrogen-bond donors (Lipinski definition) is 1. The maximum absolute atomic E-state index is 5.36. The van der Waals surface area contributed by atoms with Gasteiger partial charge in [-0.05, 0) is 24.5 Å². The van der Waals surface area contributed by atoms with Crippen molar-refractivity contribution >= 4 is 11.3 Å². The van der Waals surface area contributed by atoms with Crippen LogP contribution in [0.5, 0.6) is 0 Å². The highest BCUT2D eigenvalue weighted by Gasteiger charge is 2.15. The third-order valence-electron chi connectivity index (χ3n) is 3.20. The maximum atomic E-state index is 5.36. The van der Waals surface area contributed by atoms with Crippen LogP contribution < -0.4 is 5.32 Å². The van der Waals surface area contributed by atoms with E-state index in [1.807, 2.05) is 18.2 Å². The first kappa shape index (κ1) is 12.7. The Morgan fingerprint density at radius 1 is 1.42 bits per heavy atom. The van der Waals surface area contributed by atoms with E-state index in [9.17, 15) is 0 Å². The van der Waals surface area contributed by atoms with Gasteiger partial charge in [0, 0.05) is 31.3 Å². The van der Waals surface area contributed by atoms with E-state index in [-0.39, 0.29) is 0 Å². The molecule has 100 valence electrons. The Balaban J connectivity index is 1.53. The van der Waals surface area contributed by atoms with Gasteiger partial charge in [-0.3, -0.25) is 4.98 Å². The lowest BCUT2D eigenvalue weighted by Gasteiger charge is -2.07. The van der Waals surface area contributed by atoms with E-state index in [2.05, 4.69) is 20.7 Å². The minimum absolute atomic E-state index is 0.661. The molecule has 1 unspecified atom stereocenters. The maximum Gasteiger partial charge on any atom is 0.142 e. The SMILES string of the molecule is c1ccc(-c2nc(CNCC3CCOC3)cs2)nc1. The quantitative estimate of drug-likeness (QED) is 0.910. The summed E-state index contributed by atoms with van der Waals surface area (Å²) in [6.45, 7) is 3.63. The molecule has 0 radical (unpaired) electrons. The average molecular weight is 275 g/mol. The third-order valence-corrected chi connectivity index (χ3v) is 4.11. The molecule has 0 aliphatic carbocycles. The fourth-order valence-electron chi connectivity index (χ4n) is 2.14. The first-order valence-electron chi connectivity index (χ1n) is 6.56. The molecule has 1 fully saturated rings. The van der Waals surface area contributed by atoms with Crippen LogP contribution in [0.4, 0.5) is 0 Å². The molecule has 1 aliphatic heterocycles. The number of nitrogens with zero attached hydrogens (tertiary/aromatic N) is 2. The van der Waals surface area contributed by atoms with Crippen molar-refractivity contribution in [1.29, 1.82) is 0 Å². The number of rotatable bonds is 5. The minimum atomic E-state index is 0.661. The first-order chi connectivity index (χ1) is 9.42. The van der Waals surface area contributed by atoms with Crippen molar-refractivity contribution in [2.45, 2.75) is 13.0 Å². The van der Waals surface area contributed by atoms with E-state index in [4.69, 9.17) is 4.74 Å². The summed E-state index contributed by atoms with van der Waals surface area (Å²) in [5, 5.41) is 6.54. The smallest absolute Gasteiger partial charge is 0.142 e. The highest BCUT2D eigenvalue weighted by molar-refractivity contribution is 7.13. The molecule has 3 heterocycles. The molecule has 1 atom stereocenters. The number of pyridine rings is 1. The summed E-state index contributed by atoms with van der Waals surface area (Å²) in [5.41, 5.74) is 2.03. The first-order valence-corrected chi connectivity index (χ1v) is 7.44.